The van der Waals surface area contributed by atoms with Crippen molar-refractivity contribution in [2.75, 3.05) is 14.2 Å². The molecule has 0 amide bonds. The Balaban J connectivity index is 0.000000369. The lowest BCUT2D eigenvalue weighted by molar-refractivity contribution is 0.0550. The summed E-state index contributed by atoms with van der Waals surface area (Å²) >= 11 is 0. The first kappa shape index (κ1) is 16.9. The molecule has 1 fully saturated rings. The zero-order valence-corrected chi connectivity index (χ0v) is 11.9. The Labute approximate surface area is 121 Å². The van der Waals surface area contributed by atoms with Gasteiger partial charge in [0.2, 0.25) is 0 Å². The monoisotopic (exact) mass is 299 g/mol. The summed E-state index contributed by atoms with van der Waals surface area (Å²) in [5.74, 6) is -3.48. The summed E-state index contributed by atoms with van der Waals surface area (Å²) in [6.45, 7) is 0. The Bertz CT molecular complexity index is 528. The Morgan fingerprint density at radius 2 is 1.76 bits per heavy atom. The minimum atomic E-state index is -1.05. The molecular weight excluding hydrogens is 281 g/mol. The SMILES string of the molecule is COC(=O)c1cc(O)cc(F)c1C(=O)OC.NC1CCC1. The minimum absolute atomic E-state index is 0.383. The van der Waals surface area contributed by atoms with Crippen LogP contribution in [0.15, 0.2) is 12.1 Å². The molecule has 116 valence electrons. The highest BCUT2D eigenvalue weighted by Gasteiger charge is 2.23. The number of methoxy groups -OCH3 is 2. The minimum Gasteiger partial charge on any atom is -0.508 e. The van der Waals surface area contributed by atoms with E-state index >= 15 is 0 Å². The molecule has 2 rings (SSSR count). The number of carbonyl (C=O) groups excluding carboxylic acids is 2. The van der Waals surface area contributed by atoms with E-state index in [4.69, 9.17) is 10.8 Å². The van der Waals surface area contributed by atoms with Crippen molar-refractivity contribution in [2.24, 2.45) is 5.73 Å². The number of halogens is 1. The van der Waals surface area contributed by atoms with Gasteiger partial charge in [-0.15, -0.1) is 0 Å². The Morgan fingerprint density at radius 3 is 2.14 bits per heavy atom. The summed E-state index contributed by atoms with van der Waals surface area (Å²) in [7, 11) is 2.13. The Morgan fingerprint density at radius 1 is 1.24 bits per heavy atom. The fourth-order valence-electron chi connectivity index (χ4n) is 1.61. The molecule has 3 N–H and O–H groups in total. The molecule has 1 saturated carbocycles. The summed E-state index contributed by atoms with van der Waals surface area (Å²) in [6, 6.07) is 2.20. The molecule has 21 heavy (non-hydrogen) atoms. The fourth-order valence-corrected chi connectivity index (χ4v) is 1.61. The number of hydrogen-bond acceptors (Lipinski definition) is 6. The molecule has 0 radical (unpaired) electrons. The average Bonchev–Trinajstić information content (AvgIpc) is 2.43. The van der Waals surface area contributed by atoms with E-state index in [2.05, 4.69) is 9.47 Å². The summed E-state index contributed by atoms with van der Waals surface area (Å²) in [6.07, 6.45) is 3.89. The fraction of sp³-hybridized carbons (Fsp3) is 0.429. The third-order valence-electron chi connectivity index (χ3n) is 3.02. The van der Waals surface area contributed by atoms with E-state index in [9.17, 15) is 14.0 Å². The highest BCUT2D eigenvalue weighted by atomic mass is 19.1. The molecule has 0 saturated heterocycles. The molecular formula is C14H18FNO5. The van der Waals surface area contributed by atoms with Crippen molar-refractivity contribution in [3.8, 4) is 5.75 Å². The number of benzene rings is 1. The predicted molar refractivity (Wildman–Crippen MR) is 72.6 cm³/mol. The average molecular weight is 299 g/mol. The molecule has 0 aliphatic heterocycles. The second-order valence-electron chi connectivity index (χ2n) is 4.52. The summed E-state index contributed by atoms with van der Waals surface area (Å²) in [5.41, 5.74) is 4.43. The van der Waals surface area contributed by atoms with Gasteiger partial charge < -0.3 is 20.3 Å². The van der Waals surface area contributed by atoms with Gasteiger partial charge in [-0.2, -0.15) is 0 Å². The molecule has 0 unspecified atom stereocenters. The van der Waals surface area contributed by atoms with Gasteiger partial charge in [-0.25, -0.2) is 14.0 Å². The number of phenols is 1. The van der Waals surface area contributed by atoms with Crippen LogP contribution >= 0.6 is 0 Å². The number of phenolic OH excluding ortho intramolecular Hbond substituents is 1. The second-order valence-corrected chi connectivity index (χ2v) is 4.52. The van der Waals surface area contributed by atoms with Crippen molar-refractivity contribution in [1.29, 1.82) is 0 Å². The maximum atomic E-state index is 13.4. The van der Waals surface area contributed by atoms with Gasteiger partial charge in [-0.05, 0) is 18.9 Å². The molecule has 0 heterocycles. The van der Waals surface area contributed by atoms with E-state index in [0.29, 0.717) is 12.1 Å². The Kier molecular flexibility index (Phi) is 6.10. The highest BCUT2D eigenvalue weighted by Crippen LogP contribution is 2.22. The third-order valence-corrected chi connectivity index (χ3v) is 3.02. The van der Waals surface area contributed by atoms with Gasteiger partial charge in [0.15, 0.2) is 0 Å². The topological polar surface area (TPSA) is 98.8 Å². The quantitative estimate of drug-likeness (QED) is 0.805. The maximum absolute atomic E-state index is 13.4. The smallest absolute Gasteiger partial charge is 0.341 e. The van der Waals surface area contributed by atoms with Crippen LogP contribution in [0.4, 0.5) is 4.39 Å². The van der Waals surface area contributed by atoms with Crippen molar-refractivity contribution in [2.45, 2.75) is 25.3 Å². The van der Waals surface area contributed by atoms with Crippen molar-refractivity contribution in [3.63, 3.8) is 0 Å². The van der Waals surface area contributed by atoms with Crippen LogP contribution in [0.3, 0.4) is 0 Å². The summed E-state index contributed by atoms with van der Waals surface area (Å²) in [4.78, 5) is 22.5. The van der Waals surface area contributed by atoms with E-state index < -0.39 is 29.1 Å². The number of hydrogen-bond donors (Lipinski definition) is 2. The zero-order chi connectivity index (χ0) is 16.0. The molecule has 6 nitrogen and oxygen atoms in total. The third kappa shape index (κ3) is 4.42. The van der Waals surface area contributed by atoms with Crippen molar-refractivity contribution >= 4 is 11.9 Å². The molecule has 0 aromatic heterocycles. The number of ether oxygens (including phenoxy) is 2. The molecule has 1 aromatic carbocycles. The molecule has 1 aliphatic rings. The van der Waals surface area contributed by atoms with Gasteiger partial charge in [-0.1, -0.05) is 6.42 Å². The van der Waals surface area contributed by atoms with Gasteiger partial charge in [0.25, 0.3) is 0 Å². The number of esters is 2. The van der Waals surface area contributed by atoms with Crippen LogP contribution in [0.5, 0.6) is 5.75 Å². The number of aromatic hydroxyl groups is 1. The van der Waals surface area contributed by atoms with Gasteiger partial charge in [-0.3, -0.25) is 0 Å². The Hall–Kier alpha value is -2.15. The van der Waals surface area contributed by atoms with Crippen molar-refractivity contribution in [1.82, 2.24) is 0 Å². The van der Waals surface area contributed by atoms with Crippen LogP contribution in [0.2, 0.25) is 0 Å². The number of carbonyl (C=O) groups is 2. The predicted octanol–water partition coefficient (Wildman–Crippen LogP) is 1.60. The van der Waals surface area contributed by atoms with E-state index in [1.165, 1.54) is 19.3 Å². The first-order valence-corrected chi connectivity index (χ1v) is 6.35. The molecule has 7 heteroatoms. The number of rotatable bonds is 2. The molecule has 0 atom stereocenters. The van der Waals surface area contributed by atoms with Crippen LogP contribution < -0.4 is 5.73 Å². The first-order chi connectivity index (χ1) is 9.90. The molecule has 0 spiro atoms. The highest BCUT2D eigenvalue weighted by molar-refractivity contribution is 6.03. The lowest BCUT2D eigenvalue weighted by atomic mass is 9.95. The van der Waals surface area contributed by atoms with Crippen LogP contribution in [-0.2, 0) is 9.47 Å². The second kappa shape index (κ2) is 7.58. The van der Waals surface area contributed by atoms with Gasteiger partial charge >= 0.3 is 11.9 Å². The van der Waals surface area contributed by atoms with E-state index in [1.807, 2.05) is 0 Å². The van der Waals surface area contributed by atoms with Gasteiger partial charge in [0.05, 0.1) is 19.8 Å². The van der Waals surface area contributed by atoms with E-state index in [0.717, 1.165) is 20.3 Å². The van der Waals surface area contributed by atoms with Gasteiger partial charge in [0.1, 0.15) is 17.1 Å². The van der Waals surface area contributed by atoms with Crippen LogP contribution in [0.1, 0.15) is 40.0 Å². The lowest BCUT2D eigenvalue weighted by Crippen LogP contribution is -2.27. The standard InChI is InChI=1S/C10H9FO5.C4H9N/c1-15-9(13)6-3-5(12)4-7(11)8(6)10(14)16-2;5-4-2-1-3-4/h3-4,12H,1-2H3;4H,1-3,5H2. The first-order valence-electron chi connectivity index (χ1n) is 6.35. The largest absolute Gasteiger partial charge is 0.508 e. The molecule has 0 bridgehead atoms. The van der Waals surface area contributed by atoms with Crippen LogP contribution in [0.25, 0.3) is 0 Å². The van der Waals surface area contributed by atoms with Gasteiger partial charge in [0, 0.05) is 12.1 Å². The van der Waals surface area contributed by atoms with Crippen LogP contribution in [0, 0.1) is 5.82 Å². The lowest BCUT2D eigenvalue weighted by Gasteiger charge is -2.18. The van der Waals surface area contributed by atoms with Crippen molar-refractivity contribution < 1.29 is 28.6 Å². The van der Waals surface area contributed by atoms with Crippen molar-refractivity contribution in [3.05, 3.63) is 29.1 Å². The summed E-state index contributed by atoms with van der Waals surface area (Å²) < 4.78 is 22.1. The zero-order valence-electron chi connectivity index (χ0n) is 11.9. The van der Waals surface area contributed by atoms with E-state index in [-0.39, 0.29) is 5.56 Å². The number of nitrogens with two attached hydrogens (primary N) is 1. The summed E-state index contributed by atoms with van der Waals surface area (Å²) in [5, 5.41) is 9.12. The molecule has 1 aliphatic carbocycles. The molecule has 1 aromatic rings. The van der Waals surface area contributed by atoms with E-state index in [1.54, 1.807) is 0 Å². The maximum Gasteiger partial charge on any atom is 0.341 e. The van der Waals surface area contributed by atoms with Crippen LogP contribution in [-0.4, -0.2) is 37.3 Å². The normalized spacial score (nSPS) is 13.5.